The largest absolute Gasteiger partial charge is 0.272 e. The highest BCUT2D eigenvalue weighted by molar-refractivity contribution is 6.33. The number of nitrogens with one attached hydrogen (secondary N) is 1. The molecule has 0 spiro atoms. The van der Waals surface area contributed by atoms with E-state index in [4.69, 9.17) is 29.0 Å². The predicted molar refractivity (Wildman–Crippen MR) is 82.9 cm³/mol. The number of rotatable bonds is 4. The van der Waals surface area contributed by atoms with Crippen LogP contribution in [0.4, 0.5) is 0 Å². The Kier molecular flexibility index (Phi) is 4.70. The number of nitrogens with two attached hydrogens (primary N) is 1. The summed E-state index contributed by atoms with van der Waals surface area (Å²) in [7, 11) is 1.93. The van der Waals surface area contributed by atoms with Crippen molar-refractivity contribution in [3.63, 3.8) is 0 Å². The van der Waals surface area contributed by atoms with Crippen LogP contribution in [0.3, 0.4) is 0 Å². The minimum Gasteiger partial charge on any atom is -0.272 e. The molecule has 1 aromatic carbocycles. The summed E-state index contributed by atoms with van der Waals surface area (Å²) in [5.41, 5.74) is 7.01. The number of benzene rings is 1. The molecule has 108 valence electrons. The molecule has 0 aliphatic rings. The Labute approximate surface area is 128 Å². The Bertz CT molecular complexity index is 622. The molecule has 20 heavy (non-hydrogen) atoms. The second-order valence-electron chi connectivity index (χ2n) is 4.86. The Balaban J connectivity index is 2.36. The maximum absolute atomic E-state index is 6.25. The standard InChI is InChI=1S/C14H18Cl2N4/c1-8-11(9(2)20(3)19-8)7-14(18-17)12-6-10(15)4-5-13(12)16/h4-6,14,18H,7,17H2,1-3H3. The number of hydrogen-bond acceptors (Lipinski definition) is 3. The third-order valence-electron chi connectivity index (χ3n) is 3.60. The second-order valence-corrected chi connectivity index (χ2v) is 5.71. The number of hydrazine groups is 1. The van der Waals surface area contributed by atoms with E-state index in [1.54, 1.807) is 12.1 Å². The molecule has 0 radical (unpaired) electrons. The number of aryl methyl sites for hydroxylation is 2. The predicted octanol–water partition coefficient (Wildman–Crippen LogP) is 3.09. The molecule has 0 saturated carbocycles. The Morgan fingerprint density at radius 2 is 2.05 bits per heavy atom. The minimum atomic E-state index is -0.109. The molecular weight excluding hydrogens is 295 g/mol. The monoisotopic (exact) mass is 312 g/mol. The Morgan fingerprint density at radius 1 is 1.35 bits per heavy atom. The maximum atomic E-state index is 6.25. The van der Waals surface area contributed by atoms with Crippen LogP contribution in [0.25, 0.3) is 0 Å². The smallest absolute Gasteiger partial charge is 0.0629 e. The molecular formula is C14H18Cl2N4. The normalized spacial score (nSPS) is 12.7. The lowest BCUT2D eigenvalue weighted by Crippen LogP contribution is -2.30. The average Bonchev–Trinajstić information content (AvgIpc) is 2.65. The van der Waals surface area contributed by atoms with Crippen LogP contribution in [0.15, 0.2) is 18.2 Å². The van der Waals surface area contributed by atoms with Crippen molar-refractivity contribution in [2.45, 2.75) is 26.3 Å². The van der Waals surface area contributed by atoms with Gasteiger partial charge in [-0.25, -0.2) is 0 Å². The molecule has 0 fully saturated rings. The molecule has 4 nitrogen and oxygen atoms in total. The fourth-order valence-corrected chi connectivity index (χ4v) is 2.79. The molecule has 2 rings (SSSR count). The lowest BCUT2D eigenvalue weighted by molar-refractivity contribution is 0.549. The zero-order chi connectivity index (χ0) is 14.9. The maximum Gasteiger partial charge on any atom is 0.0629 e. The first-order chi connectivity index (χ1) is 9.43. The van der Waals surface area contributed by atoms with Crippen LogP contribution in [0.1, 0.15) is 28.6 Å². The number of hydrogen-bond donors (Lipinski definition) is 2. The highest BCUT2D eigenvalue weighted by Gasteiger charge is 2.19. The summed E-state index contributed by atoms with van der Waals surface area (Å²) < 4.78 is 1.87. The highest BCUT2D eigenvalue weighted by Crippen LogP contribution is 2.29. The van der Waals surface area contributed by atoms with Gasteiger partial charge in [0.25, 0.3) is 0 Å². The Morgan fingerprint density at radius 3 is 2.60 bits per heavy atom. The van der Waals surface area contributed by atoms with Gasteiger partial charge in [0, 0.05) is 22.8 Å². The molecule has 1 aromatic heterocycles. The number of aromatic nitrogens is 2. The molecule has 0 saturated heterocycles. The van der Waals surface area contributed by atoms with Gasteiger partial charge in [0.2, 0.25) is 0 Å². The van der Waals surface area contributed by atoms with E-state index >= 15 is 0 Å². The minimum absolute atomic E-state index is 0.109. The van der Waals surface area contributed by atoms with Gasteiger partial charge >= 0.3 is 0 Å². The van der Waals surface area contributed by atoms with Crippen molar-refractivity contribution in [1.82, 2.24) is 15.2 Å². The van der Waals surface area contributed by atoms with Crippen LogP contribution in [0, 0.1) is 13.8 Å². The van der Waals surface area contributed by atoms with Crippen molar-refractivity contribution >= 4 is 23.2 Å². The highest BCUT2D eigenvalue weighted by atomic mass is 35.5. The van der Waals surface area contributed by atoms with Gasteiger partial charge in [0.1, 0.15) is 0 Å². The molecule has 3 N–H and O–H groups in total. The molecule has 0 bridgehead atoms. The zero-order valence-electron chi connectivity index (χ0n) is 11.7. The van der Waals surface area contributed by atoms with E-state index in [9.17, 15) is 0 Å². The molecule has 1 unspecified atom stereocenters. The first kappa shape index (κ1) is 15.3. The summed E-state index contributed by atoms with van der Waals surface area (Å²) in [6, 6.07) is 5.28. The molecule has 1 heterocycles. The average molecular weight is 313 g/mol. The molecule has 1 atom stereocenters. The molecule has 0 aliphatic heterocycles. The summed E-state index contributed by atoms with van der Waals surface area (Å²) in [6.45, 7) is 4.04. The van der Waals surface area contributed by atoms with Crippen molar-refractivity contribution < 1.29 is 0 Å². The lowest BCUT2D eigenvalue weighted by atomic mass is 9.98. The topological polar surface area (TPSA) is 55.9 Å². The fraction of sp³-hybridized carbons (Fsp3) is 0.357. The third-order valence-corrected chi connectivity index (χ3v) is 4.18. The van der Waals surface area contributed by atoms with Crippen LogP contribution in [-0.4, -0.2) is 9.78 Å². The molecule has 0 amide bonds. The van der Waals surface area contributed by atoms with Crippen molar-refractivity contribution in [2.24, 2.45) is 12.9 Å². The molecule has 0 aliphatic carbocycles. The van der Waals surface area contributed by atoms with Crippen LogP contribution < -0.4 is 11.3 Å². The summed E-state index contributed by atoms with van der Waals surface area (Å²) in [4.78, 5) is 0. The van der Waals surface area contributed by atoms with Gasteiger partial charge in [0.05, 0.1) is 11.7 Å². The van der Waals surface area contributed by atoms with Crippen LogP contribution in [0.5, 0.6) is 0 Å². The van der Waals surface area contributed by atoms with Crippen molar-refractivity contribution in [2.75, 3.05) is 0 Å². The summed E-state index contributed by atoms with van der Waals surface area (Å²) in [5, 5.41) is 5.71. The van der Waals surface area contributed by atoms with Crippen LogP contribution in [-0.2, 0) is 13.5 Å². The zero-order valence-corrected chi connectivity index (χ0v) is 13.3. The summed E-state index contributed by atoms with van der Waals surface area (Å²) in [6.07, 6.45) is 0.710. The van der Waals surface area contributed by atoms with Crippen molar-refractivity contribution in [3.05, 3.63) is 50.8 Å². The SMILES string of the molecule is Cc1nn(C)c(C)c1CC(NN)c1cc(Cl)ccc1Cl. The first-order valence-electron chi connectivity index (χ1n) is 6.34. The van der Waals surface area contributed by atoms with E-state index in [2.05, 4.69) is 10.5 Å². The number of halogens is 2. The summed E-state index contributed by atoms with van der Waals surface area (Å²) >= 11 is 12.3. The van der Waals surface area contributed by atoms with Gasteiger partial charge in [-0.05, 0) is 49.6 Å². The van der Waals surface area contributed by atoms with E-state index in [1.165, 1.54) is 5.56 Å². The van der Waals surface area contributed by atoms with Crippen molar-refractivity contribution in [3.8, 4) is 0 Å². The van der Waals surface area contributed by atoms with Crippen molar-refractivity contribution in [1.29, 1.82) is 0 Å². The number of nitrogens with zero attached hydrogens (tertiary/aromatic N) is 2. The first-order valence-corrected chi connectivity index (χ1v) is 7.09. The lowest BCUT2D eigenvalue weighted by Gasteiger charge is -2.18. The van der Waals surface area contributed by atoms with Crippen LogP contribution in [0.2, 0.25) is 10.0 Å². The molecule has 2 aromatic rings. The molecule has 6 heteroatoms. The Hall–Kier alpha value is -1.07. The summed E-state index contributed by atoms with van der Waals surface area (Å²) in [5.74, 6) is 5.70. The van der Waals surface area contributed by atoms with Gasteiger partial charge in [0.15, 0.2) is 0 Å². The second kappa shape index (κ2) is 6.14. The van der Waals surface area contributed by atoms with E-state index in [-0.39, 0.29) is 6.04 Å². The van der Waals surface area contributed by atoms with Gasteiger partial charge < -0.3 is 0 Å². The third kappa shape index (κ3) is 2.99. The van der Waals surface area contributed by atoms with Gasteiger partial charge in [-0.3, -0.25) is 16.0 Å². The quantitative estimate of drug-likeness (QED) is 0.674. The van der Waals surface area contributed by atoms with E-state index in [0.29, 0.717) is 16.5 Å². The fourth-order valence-electron chi connectivity index (χ4n) is 2.36. The van der Waals surface area contributed by atoms with Crippen LogP contribution >= 0.6 is 23.2 Å². The van der Waals surface area contributed by atoms with E-state index in [0.717, 1.165) is 17.0 Å². The van der Waals surface area contributed by atoms with E-state index in [1.807, 2.05) is 31.6 Å². The van der Waals surface area contributed by atoms with Gasteiger partial charge in [-0.2, -0.15) is 5.10 Å². The van der Waals surface area contributed by atoms with E-state index < -0.39 is 0 Å². The van der Waals surface area contributed by atoms with Gasteiger partial charge in [-0.1, -0.05) is 23.2 Å². The van der Waals surface area contributed by atoms with Gasteiger partial charge in [-0.15, -0.1) is 0 Å².